The minimum Gasteiger partial charge on any atom is -0.507 e. The second-order valence-corrected chi connectivity index (χ2v) is 4.85. The number of carbonyl (C=O) groups is 1. The molecule has 1 aromatic carbocycles. The maximum absolute atomic E-state index is 12.4. The first kappa shape index (κ1) is 13.7. The smallest absolute Gasteiger partial charge is 0.257 e. The third-order valence-corrected chi connectivity index (χ3v) is 3.14. The fourth-order valence-electron chi connectivity index (χ4n) is 2.33. The van der Waals surface area contributed by atoms with Crippen molar-refractivity contribution in [2.75, 3.05) is 20.2 Å². The topological polar surface area (TPSA) is 59.0 Å². The van der Waals surface area contributed by atoms with Crippen molar-refractivity contribution in [1.29, 1.82) is 0 Å². The Bertz CT molecular complexity index is 465. The van der Waals surface area contributed by atoms with Gasteiger partial charge in [0.1, 0.15) is 11.5 Å². The predicted octanol–water partition coefficient (Wildman–Crippen LogP) is 1.65. The molecule has 5 nitrogen and oxygen atoms in total. The number of benzene rings is 1. The summed E-state index contributed by atoms with van der Waals surface area (Å²) in [5.74, 6) is 0.325. The number of nitrogens with zero attached hydrogens (tertiary/aromatic N) is 1. The van der Waals surface area contributed by atoms with Gasteiger partial charge in [-0.05, 0) is 32.0 Å². The van der Waals surface area contributed by atoms with Crippen LogP contribution in [0.15, 0.2) is 18.2 Å². The summed E-state index contributed by atoms with van der Waals surface area (Å²) in [6.45, 7) is 4.92. The molecule has 19 heavy (non-hydrogen) atoms. The molecule has 2 rings (SSSR count). The van der Waals surface area contributed by atoms with Crippen molar-refractivity contribution in [3.05, 3.63) is 23.8 Å². The highest BCUT2D eigenvalue weighted by molar-refractivity contribution is 5.97. The van der Waals surface area contributed by atoms with Crippen molar-refractivity contribution in [3.63, 3.8) is 0 Å². The van der Waals surface area contributed by atoms with E-state index in [-0.39, 0.29) is 29.4 Å². The van der Waals surface area contributed by atoms with Crippen LogP contribution in [0, 0.1) is 0 Å². The van der Waals surface area contributed by atoms with Gasteiger partial charge >= 0.3 is 0 Å². The standard InChI is InChI=1S/C14H19NO4/c1-9-7-15(8-10(2)19-9)14(17)12-6-11(18-3)4-5-13(12)16/h4-6,9-10,16H,7-8H2,1-3H3/t9-,10+. The molecule has 1 N–H and O–H groups in total. The fraction of sp³-hybridized carbons (Fsp3) is 0.500. The van der Waals surface area contributed by atoms with Gasteiger partial charge in [0.15, 0.2) is 0 Å². The molecule has 5 heteroatoms. The van der Waals surface area contributed by atoms with E-state index in [9.17, 15) is 9.90 Å². The van der Waals surface area contributed by atoms with E-state index in [1.54, 1.807) is 17.0 Å². The van der Waals surface area contributed by atoms with Crippen molar-refractivity contribution in [3.8, 4) is 11.5 Å². The molecule has 0 aliphatic carbocycles. The number of amides is 1. The third kappa shape index (κ3) is 2.98. The lowest BCUT2D eigenvalue weighted by Gasteiger charge is -2.35. The molecule has 0 aromatic heterocycles. The Morgan fingerprint density at radius 1 is 1.37 bits per heavy atom. The van der Waals surface area contributed by atoms with E-state index in [1.807, 2.05) is 13.8 Å². The Kier molecular flexibility index (Phi) is 3.95. The number of carbonyl (C=O) groups excluding carboxylic acids is 1. The van der Waals surface area contributed by atoms with Gasteiger partial charge in [-0.1, -0.05) is 0 Å². The number of morpholine rings is 1. The minimum atomic E-state index is -0.196. The molecule has 1 heterocycles. The molecule has 0 saturated carbocycles. The lowest BCUT2D eigenvalue weighted by atomic mass is 10.1. The molecule has 0 bridgehead atoms. The maximum atomic E-state index is 12.4. The van der Waals surface area contributed by atoms with Crippen LogP contribution in [-0.4, -0.2) is 48.3 Å². The van der Waals surface area contributed by atoms with Gasteiger partial charge in [0.25, 0.3) is 5.91 Å². The van der Waals surface area contributed by atoms with Crippen LogP contribution in [0.2, 0.25) is 0 Å². The summed E-state index contributed by atoms with van der Waals surface area (Å²) in [6, 6.07) is 4.65. The van der Waals surface area contributed by atoms with Crippen LogP contribution in [0.25, 0.3) is 0 Å². The first-order valence-electron chi connectivity index (χ1n) is 6.33. The van der Waals surface area contributed by atoms with Crippen LogP contribution < -0.4 is 4.74 Å². The SMILES string of the molecule is COc1ccc(O)c(C(=O)N2C[C@@H](C)O[C@@H](C)C2)c1. The van der Waals surface area contributed by atoms with Crippen molar-refractivity contribution < 1.29 is 19.4 Å². The average Bonchev–Trinajstić information content (AvgIpc) is 2.37. The van der Waals surface area contributed by atoms with Crippen molar-refractivity contribution >= 4 is 5.91 Å². The van der Waals surface area contributed by atoms with E-state index in [0.717, 1.165) is 0 Å². The molecule has 0 spiro atoms. The van der Waals surface area contributed by atoms with Crippen molar-refractivity contribution in [2.24, 2.45) is 0 Å². The van der Waals surface area contributed by atoms with E-state index in [0.29, 0.717) is 18.8 Å². The summed E-state index contributed by atoms with van der Waals surface area (Å²) in [7, 11) is 1.53. The second-order valence-electron chi connectivity index (χ2n) is 4.85. The highest BCUT2D eigenvalue weighted by atomic mass is 16.5. The van der Waals surface area contributed by atoms with Crippen LogP contribution in [-0.2, 0) is 4.74 Å². The number of rotatable bonds is 2. The number of phenols is 1. The third-order valence-electron chi connectivity index (χ3n) is 3.14. The molecule has 1 aromatic rings. The summed E-state index contributed by atoms with van der Waals surface area (Å²) < 4.78 is 10.7. The van der Waals surface area contributed by atoms with Gasteiger partial charge in [0.05, 0.1) is 24.9 Å². The highest BCUT2D eigenvalue weighted by Gasteiger charge is 2.28. The highest BCUT2D eigenvalue weighted by Crippen LogP contribution is 2.25. The molecule has 1 aliphatic heterocycles. The Labute approximate surface area is 112 Å². The first-order valence-corrected chi connectivity index (χ1v) is 6.33. The minimum absolute atomic E-state index is 0.000417. The number of hydrogen-bond acceptors (Lipinski definition) is 4. The summed E-state index contributed by atoms with van der Waals surface area (Å²) in [5, 5.41) is 9.83. The first-order chi connectivity index (χ1) is 9.01. The van der Waals surface area contributed by atoms with E-state index >= 15 is 0 Å². The Hall–Kier alpha value is -1.75. The molecule has 2 atom stereocenters. The lowest BCUT2D eigenvalue weighted by Crippen LogP contribution is -2.48. The van der Waals surface area contributed by atoms with Crippen LogP contribution >= 0.6 is 0 Å². The number of ether oxygens (including phenoxy) is 2. The number of hydrogen-bond donors (Lipinski definition) is 1. The van der Waals surface area contributed by atoms with E-state index in [4.69, 9.17) is 9.47 Å². The Morgan fingerprint density at radius 3 is 2.58 bits per heavy atom. The molecular formula is C14H19NO4. The van der Waals surface area contributed by atoms with E-state index in [1.165, 1.54) is 13.2 Å². The van der Waals surface area contributed by atoms with Gasteiger partial charge in [-0.2, -0.15) is 0 Å². The zero-order chi connectivity index (χ0) is 14.0. The second kappa shape index (κ2) is 5.48. The van der Waals surface area contributed by atoms with Crippen molar-refractivity contribution in [2.45, 2.75) is 26.1 Å². The monoisotopic (exact) mass is 265 g/mol. The molecule has 1 amide bonds. The molecule has 1 aliphatic rings. The molecular weight excluding hydrogens is 246 g/mol. The fourth-order valence-corrected chi connectivity index (χ4v) is 2.33. The Balaban J connectivity index is 2.23. The summed E-state index contributed by atoms with van der Waals surface area (Å²) in [5.41, 5.74) is 0.264. The number of phenolic OH excluding ortho intramolecular Hbond substituents is 1. The van der Waals surface area contributed by atoms with Gasteiger partial charge in [-0.15, -0.1) is 0 Å². The average molecular weight is 265 g/mol. The molecule has 1 fully saturated rings. The van der Waals surface area contributed by atoms with Gasteiger partial charge in [0.2, 0.25) is 0 Å². The van der Waals surface area contributed by atoms with Gasteiger partial charge in [-0.25, -0.2) is 0 Å². The number of aromatic hydroxyl groups is 1. The maximum Gasteiger partial charge on any atom is 0.257 e. The summed E-state index contributed by atoms with van der Waals surface area (Å²) in [4.78, 5) is 14.1. The van der Waals surface area contributed by atoms with Crippen molar-refractivity contribution in [1.82, 2.24) is 4.90 Å². The van der Waals surface area contributed by atoms with E-state index in [2.05, 4.69) is 0 Å². The molecule has 0 unspecified atom stereocenters. The molecule has 104 valence electrons. The van der Waals surface area contributed by atoms with Crippen LogP contribution in [0.3, 0.4) is 0 Å². The molecule has 1 saturated heterocycles. The van der Waals surface area contributed by atoms with E-state index < -0.39 is 0 Å². The zero-order valence-electron chi connectivity index (χ0n) is 11.4. The quantitative estimate of drug-likeness (QED) is 0.883. The normalized spacial score (nSPS) is 23.2. The van der Waals surface area contributed by atoms with Gasteiger partial charge in [0, 0.05) is 13.1 Å². The van der Waals surface area contributed by atoms with Gasteiger partial charge < -0.3 is 19.5 Å². The lowest BCUT2D eigenvalue weighted by molar-refractivity contribution is -0.0586. The molecule has 0 radical (unpaired) electrons. The Morgan fingerprint density at radius 2 is 2.00 bits per heavy atom. The van der Waals surface area contributed by atoms with Crippen LogP contribution in [0.4, 0.5) is 0 Å². The summed E-state index contributed by atoms with van der Waals surface area (Å²) >= 11 is 0. The summed E-state index contributed by atoms with van der Waals surface area (Å²) in [6.07, 6.45) is 0.000835. The van der Waals surface area contributed by atoms with Crippen LogP contribution in [0.1, 0.15) is 24.2 Å². The zero-order valence-corrected chi connectivity index (χ0v) is 11.4. The number of methoxy groups -OCH3 is 1. The largest absolute Gasteiger partial charge is 0.507 e. The van der Waals surface area contributed by atoms with Crippen LogP contribution in [0.5, 0.6) is 11.5 Å². The van der Waals surface area contributed by atoms with Gasteiger partial charge in [-0.3, -0.25) is 4.79 Å². The predicted molar refractivity (Wildman–Crippen MR) is 70.6 cm³/mol.